The number of hydrogen-bond donors (Lipinski definition) is 1. The van der Waals surface area contributed by atoms with Crippen molar-refractivity contribution in [3.8, 4) is 0 Å². The fourth-order valence-corrected chi connectivity index (χ4v) is 1.69. The van der Waals surface area contributed by atoms with Gasteiger partial charge in [0.25, 0.3) is 0 Å². The largest absolute Gasteiger partial charge is 0.478 e. The van der Waals surface area contributed by atoms with Crippen molar-refractivity contribution in [2.24, 2.45) is 0 Å². The van der Waals surface area contributed by atoms with Crippen LogP contribution in [0.5, 0.6) is 0 Å². The lowest BCUT2D eigenvalue weighted by Crippen LogP contribution is -1.98. The number of carboxylic acids is 1. The Morgan fingerprint density at radius 2 is 2.18 bits per heavy atom. The molecule has 11 heavy (non-hydrogen) atoms. The molecule has 0 atom stereocenters. The molecule has 0 saturated carbocycles. The molecule has 0 aromatic carbocycles. The number of rotatable bonds is 1. The normalized spacial score (nSPS) is 9.64. The molecule has 1 rings (SSSR count). The highest BCUT2D eigenvalue weighted by Gasteiger charge is 2.07. The number of aromatic carboxylic acids is 1. The van der Waals surface area contributed by atoms with Crippen molar-refractivity contribution in [2.45, 2.75) is 0 Å². The predicted molar refractivity (Wildman–Crippen MR) is 46.6 cm³/mol. The highest BCUT2D eigenvalue weighted by molar-refractivity contribution is 9.11. The van der Waals surface area contributed by atoms with Crippen LogP contribution >= 0.6 is 31.9 Å². The molecule has 1 heterocycles. The first-order valence-electron chi connectivity index (χ1n) is 2.65. The van der Waals surface area contributed by atoms with Crippen LogP contribution in [0.1, 0.15) is 10.4 Å². The smallest absolute Gasteiger partial charge is 0.338 e. The van der Waals surface area contributed by atoms with Crippen LogP contribution in [0.2, 0.25) is 0 Å². The van der Waals surface area contributed by atoms with E-state index in [4.69, 9.17) is 5.11 Å². The van der Waals surface area contributed by atoms with E-state index in [2.05, 4.69) is 36.8 Å². The maximum Gasteiger partial charge on any atom is 0.338 e. The van der Waals surface area contributed by atoms with Crippen molar-refractivity contribution in [2.75, 3.05) is 0 Å². The number of carboxylic acid groups (broad SMARTS) is 1. The van der Waals surface area contributed by atoms with Gasteiger partial charge in [0, 0.05) is 10.7 Å². The third-order valence-electron chi connectivity index (χ3n) is 1.05. The summed E-state index contributed by atoms with van der Waals surface area (Å²) in [5.41, 5.74) is 0.160. The summed E-state index contributed by atoms with van der Waals surface area (Å²) < 4.78 is 1.13. The Morgan fingerprint density at radius 3 is 2.64 bits per heavy atom. The van der Waals surface area contributed by atoms with Crippen LogP contribution in [-0.2, 0) is 0 Å². The lowest BCUT2D eigenvalue weighted by Gasteiger charge is -1.96. The summed E-state index contributed by atoms with van der Waals surface area (Å²) in [6.07, 6.45) is 1.29. The third kappa shape index (κ3) is 2.00. The zero-order chi connectivity index (χ0) is 8.43. The number of carbonyl (C=O) groups is 1. The Balaban J connectivity index is 3.20. The van der Waals surface area contributed by atoms with Gasteiger partial charge in [0.05, 0.1) is 5.56 Å². The van der Waals surface area contributed by atoms with E-state index in [1.807, 2.05) is 0 Å². The maximum atomic E-state index is 10.4. The van der Waals surface area contributed by atoms with Gasteiger partial charge in [-0.15, -0.1) is 0 Å². The summed E-state index contributed by atoms with van der Waals surface area (Å²) >= 11 is 6.21. The zero-order valence-corrected chi connectivity index (χ0v) is 8.39. The van der Waals surface area contributed by atoms with Crippen LogP contribution in [0.3, 0.4) is 0 Å². The lowest BCUT2D eigenvalue weighted by molar-refractivity contribution is 0.0695. The summed E-state index contributed by atoms with van der Waals surface area (Å²) in [5, 5.41) is 8.57. The molecule has 0 amide bonds. The van der Waals surface area contributed by atoms with Gasteiger partial charge in [0.1, 0.15) is 4.60 Å². The highest BCUT2D eigenvalue weighted by Crippen LogP contribution is 2.19. The number of nitrogens with zero attached hydrogens (tertiary/aromatic N) is 1. The molecule has 1 N–H and O–H groups in total. The van der Waals surface area contributed by atoms with E-state index in [-0.39, 0.29) is 5.56 Å². The van der Waals surface area contributed by atoms with Crippen LogP contribution in [-0.4, -0.2) is 16.1 Å². The molecule has 5 heteroatoms. The van der Waals surface area contributed by atoms with Gasteiger partial charge in [0.2, 0.25) is 0 Å². The van der Waals surface area contributed by atoms with E-state index < -0.39 is 5.97 Å². The van der Waals surface area contributed by atoms with Crippen molar-refractivity contribution in [3.05, 3.63) is 26.9 Å². The molecule has 1 aromatic heterocycles. The standard InChI is InChI=1S/C6H3Br2NO2/c7-4-1-5(8)9-2-3(4)6(10)11/h1-2H,(H,10,11). The minimum Gasteiger partial charge on any atom is -0.478 e. The fourth-order valence-electron chi connectivity index (χ4n) is 0.565. The Kier molecular flexibility index (Phi) is 2.62. The Morgan fingerprint density at radius 1 is 1.55 bits per heavy atom. The topological polar surface area (TPSA) is 50.2 Å². The highest BCUT2D eigenvalue weighted by atomic mass is 79.9. The summed E-state index contributed by atoms with van der Waals surface area (Å²) in [4.78, 5) is 14.2. The number of aromatic nitrogens is 1. The average molecular weight is 281 g/mol. The van der Waals surface area contributed by atoms with Gasteiger partial charge in [-0.2, -0.15) is 0 Å². The first-order valence-corrected chi connectivity index (χ1v) is 4.24. The number of halogens is 2. The molecule has 0 unspecified atom stereocenters. The van der Waals surface area contributed by atoms with Gasteiger partial charge in [-0.3, -0.25) is 0 Å². The molecule has 3 nitrogen and oxygen atoms in total. The minimum atomic E-state index is -0.989. The second-order valence-corrected chi connectivity index (χ2v) is 3.46. The third-order valence-corrected chi connectivity index (χ3v) is 2.14. The molecule has 0 fully saturated rings. The van der Waals surface area contributed by atoms with Crippen LogP contribution < -0.4 is 0 Å². The molecule has 0 saturated heterocycles. The average Bonchev–Trinajstić information content (AvgIpc) is 1.85. The molecular weight excluding hydrogens is 278 g/mol. The molecule has 0 spiro atoms. The summed E-state index contributed by atoms with van der Waals surface area (Å²) in [6.45, 7) is 0. The molecule has 0 aliphatic carbocycles. The van der Waals surface area contributed by atoms with Gasteiger partial charge >= 0.3 is 5.97 Å². The SMILES string of the molecule is O=C(O)c1cnc(Br)cc1Br. The van der Waals surface area contributed by atoms with E-state index >= 15 is 0 Å². The molecule has 0 aliphatic rings. The van der Waals surface area contributed by atoms with Gasteiger partial charge < -0.3 is 5.11 Å². The quantitative estimate of drug-likeness (QED) is 0.803. The van der Waals surface area contributed by atoms with Crippen LogP contribution in [0.4, 0.5) is 0 Å². The fraction of sp³-hybridized carbons (Fsp3) is 0. The Hall–Kier alpha value is -0.420. The van der Waals surface area contributed by atoms with Crippen molar-refractivity contribution in [1.82, 2.24) is 4.98 Å². The predicted octanol–water partition coefficient (Wildman–Crippen LogP) is 2.30. The van der Waals surface area contributed by atoms with Gasteiger partial charge in [-0.25, -0.2) is 9.78 Å². The van der Waals surface area contributed by atoms with Crippen molar-refractivity contribution < 1.29 is 9.90 Å². The first-order chi connectivity index (χ1) is 5.11. The van der Waals surface area contributed by atoms with E-state index in [1.54, 1.807) is 6.07 Å². The summed E-state index contributed by atoms with van der Waals surface area (Å²) in [6, 6.07) is 1.59. The van der Waals surface area contributed by atoms with E-state index in [9.17, 15) is 4.79 Å². The van der Waals surface area contributed by atoms with Crippen LogP contribution in [0.25, 0.3) is 0 Å². The van der Waals surface area contributed by atoms with Crippen LogP contribution in [0, 0.1) is 0 Å². The van der Waals surface area contributed by atoms with E-state index in [0.717, 1.165) is 0 Å². The molecule has 1 aromatic rings. The zero-order valence-electron chi connectivity index (χ0n) is 5.21. The van der Waals surface area contributed by atoms with Crippen LogP contribution in [0.15, 0.2) is 21.3 Å². The van der Waals surface area contributed by atoms with E-state index in [0.29, 0.717) is 9.08 Å². The van der Waals surface area contributed by atoms with Crippen molar-refractivity contribution in [3.63, 3.8) is 0 Å². The monoisotopic (exact) mass is 279 g/mol. The molecule has 58 valence electrons. The van der Waals surface area contributed by atoms with Gasteiger partial charge in [-0.05, 0) is 37.9 Å². The second kappa shape index (κ2) is 3.32. The Bertz CT molecular complexity index is 301. The number of pyridine rings is 1. The minimum absolute atomic E-state index is 0.160. The lowest BCUT2D eigenvalue weighted by atomic mass is 10.3. The second-order valence-electron chi connectivity index (χ2n) is 1.79. The molecule has 0 bridgehead atoms. The molecular formula is C6H3Br2NO2. The maximum absolute atomic E-state index is 10.4. The first kappa shape index (κ1) is 8.67. The van der Waals surface area contributed by atoms with Crippen molar-refractivity contribution in [1.29, 1.82) is 0 Å². The Labute approximate surface area is 79.7 Å². The summed E-state index contributed by atoms with van der Waals surface area (Å²) in [5.74, 6) is -0.989. The number of hydrogen-bond acceptors (Lipinski definition) is 2. The summed E-state index contributed by atoms with van der Waals surface area (Å²) in [7, 11) is 0. The van der Waals surface area contributed by atoms with Crippen molar-refractivity contribution >= 4 is 37.8 Å². The van der Waals surface area contributed by atoms with Gasteiger partial charge in [0.15, 0.2) is 0 Å². The van der Waals surface area contributed by atoms with E-state index in [1.165, 1.54) is 6.20 Å². The molecule has 0 radical (unpaired) electrons. The van der Waals surface area contributed by atoms with Gasteiger partial charge in [-0.1, -0.05) is 0 Å². The molecule has 0 aliphatic heterocycles.